The van der Waals surface area contributed by atoms with Crippen LogP contribution in [0.25, 0.3) is 0 Å². The van der Waals surface area contributed by atoms with Gasteiger partial charge in [0.15, 0.2) is 0 Å². The standard InChI is InChI=1S/C15H17NO2/c1-3-12-5-4-6-14(9-12)18-15-8-7-13(10-17)11(2)16-15/h4-9,17H,3,10H2,1-2H3. The van der Waals surface area contributed by atoms with Gasteiger partial charge in [0.2, 0.25) is 5.88 Å². The molecular weight excluding hydrogens is 226 g/mol. The molecule has 3 heteroatoms. The van der Waals surface area contributed by atoms with Crippen LogP contribution in [0.4, 0.5) is 0 Å². The molecule has 0 aliphatic rings. The number of benzene rings is 1. The molecule has 94 valence electrons. The minimum absolute atomic E-state index is 0.00440. The minimum Gasteiger partial charge on any atom is -0.439 e. The molecule has 0 saturated heterocycles. The maximum atomic E-state index is 9.09. The lowest BCUT2D eigenvalue weighted by atomic mass is 10.2. The average Bonchev–Trinajstić information content (AvgIpc) is 2.39. The third-order valence-corrected chi connectivity index (χ3v) is 2.87. The Morgan fingerprint density at radius 1 is 1.22 bits per heavy atom. The molecule has 0 aliphatic heterocycles. The summed E-state index contributed by atoms with van der Waals surface area (Å²) in [6.45, 7) is 3.98. The van der Waals surface area contributed by atoms with E-state index >= 15 is 0 Å². The molecule has 0 unspecified atom stereocenters. The number of rotatable bonds is 4. The minimum atomic E-state index is 0.00440. The number of pyridine rings is 1. The third-order valence-electron chi connectivity index (χ3n) is 2.87. The van der Waals surface area contributed by atoms with E-state index in [0.29, 0.717) is 5.88 Å². The number of aliphatic hydroxyl groups is 1. The molecule has 1 aromatic carbocycles. The number of nitrogens with zero attached hydrogens (tertiary/aromatic N) is 1. The molecule has 2 rings (SSSR count). The second kappa shape index (κ2) is 5.65. The highest BCUT2D eigenvalue weighted by Gasteiger charge is 2.03. The van der Waals surface area contributed by atoms with Gasteiger partial charge in [-0.3, -0.25) is 0 Å². The zero-order chi connectivity index (χ0) is 13.0. The van der Waals surface area contributed by atoms with Crippen molar-refractivity contribution in [3.63, 3.8) is 0 Å². The zero-order valence-electron chi connectivity index (χ0n) is 10.7. The highest BCUT2D eigenvalue weighted by atomic mass is 16.5. The Bertz CT molecular complexity index is 538. The Balaban J connectivity index is 2.20. The number of aryl methyl sites for hydroxylation is 2. The van der Waals surface area contributed by atoms with Gasteiger partial charge in [-0.05, 0) is 42.7 Å². The van der Waals surface area contributed by atoms with E-state index in [1.165, 1.54) is 5.56 Å². The van der Waals surface area contributed by atoms with Gasteiger partial charge in [-0.2, -0.15) is 0 Å². The van der Waals surface area contributed by atoms with E-state index in [2.05, 4.69) is 18.0 Å². The van der Waals surface area contributed by atoms with Gasteiger partial charge >= 0.3 is 0 Å². The van der Waals surface area contributed by atoms with Gasteiger partial charge in [-0.25, -0.2) is 4.98 Å². The van der Waals surface area contributed by atoms with Crippen molar-refractivity contribution >= 4 is 0 Å². The molecule has 18 heavy (non-hydrogen) atoms. The monoisotopic (exact) mass is 243 g/mol. The first-order chi connectivity index (χ1) is 8.72. The van der Waals surface area contributed by atoms with E-state index in [4.69, 9.17) is 9.84 Å². The maximum absolute atomic E-state index is 9.09. The van der Waals surface area contributed by atoms with Gasteiger partial charge in [0.05, 0.1) is 6.61 Å². The summed E-state index contributed by atoms with van der Waals surface area (Å²) in [5.74, 6) is 1.34. The topological polar surface area (TPSA) is 42.4 Å². The number of hydrogen-bond donors (Lipinski definition) is 1. The molecule has 1 aromatic heterocycles. The van der Waals surface area contributed by atoms with Gasteiger partial charge in [0, 0.05) is 11.8 Å². The van der Waals surface area contributed by atoms with Crippen molar-refractivity contribution in [3.8, 4) is 11.6 Å². The van der Waals surface area contributed by atoms with Crippen LogP contribution >= 0.6 is 0 Å². The molecule has 2 aromatic rings. The van der Waals surface area contributed by atoms with Crippen LogP contribution in [0.15, 0.2) is 36.4 Å². The molecule has 1 heterocycles. The number of aromatic nitrogens is 1. The predicted molar refractivity (Wildman–Crippen MR) is 70.8 cm³/mol. The molecular formula is C15H17NO2. The average molecular weight is 243 g/mol. The summed E-state index contributed by atoms with van der Waals surface area (Å²) in [6.07, 6.45) is 0.979. The SMILES string of the molecule is CCc1cccc(Oc2ccc(CO)c(C)n2)c1. The molecule has 0 fully saturated rings. The van der Waals surface area contributed by atoms with Crippen molar-refractivity contribution < 1.29 is 9.84 Å². The summed E-state index contributed by atoms with van der Waals surface area (Å²) in [5.41, 5.74) is 2.85. The summed E-state index contributed by atoms with van der Waals surface area (Å²) in [5, 5.41) is 9.09. The first kappa shape index (κ1) is 12.6. The maximum Gasteiger partial charge on any atom is 0.219 e. The van der Waals surface area contributed by atoms with Crippen LogP contribution in [0, 0.1) is 6.92 Å². The smallest absolute Gasteiger partial charge is 0.219 e. The summed E-state index contributed by atoms with van der Waals surface area (Å²) >= 11 is 0. The molecule has 1 N–H and O–H groups in total. The van der Waals surface area contributed by atoms with Crippen LogP contribution < -0.4 is 4.74 Å². The van der Waals surface area contributed by atoms with Crippen LogP contribution in [-0.2, 0) is 13.0 Å². The summed E-state index contributed by atoms with van der Waals surface area (Å²) < 4.78 is 5.71. The van der Waals surface area contributed by atoms with E-state index in [9.17, 15) is 0 Å². The van der Waals surface area contributed by atoms with E-state index < -0.39 is 0 Å². The number of aliphatic hydroxyl groups excluding tert-OH is 1. The summed E-state index contributed by atoms with van der Waals surface area (Å²) in [4.78, 5) is 4.31. The van der Waals surface area contributed by atoms with Crippen LogP contribution in [0.2, 0.25) is 0 Å². The fourth-order valence-electron chi connectivity index (χ4n) is 1.74. The predicted octanol–water partition coefficient (Wildman–Crippen LogP) is 3.24. The van der Waals surface area contributed by atoms with Crippen molar-refractivity contribution in [3.05, 3.63) is 53.2 Å². The lowest BCUT2D eigenvalue weighted by Gasteiger charge is -2.08. The van der Waals surface area contributed by atoms with Crippen LogP contribution in [-0.4, -0.2) is 10.1 Å². The first-order valence-corrected chi connectivity index (χ1v) is 6.07. The highest BCUT2D eigenvalue weighted by molar-refractivity contribution is 5.33. The zero-order valence-corrected chi connectivity index (χ0v) is 10.7. The Hall–Kier alpha value is -1.87. The molecule has 0 saturated carbocycles. The van der Waals surface area contributed by atoms with Gasteiger partial charge < -0.3 is 9.84 Å². The lowest BCUT2D eigenvalue weighted by molar-refractivity contribution is 0.280. The van der Waals surface area contributed by atoms with Crippen molar-refractivity contribution in [1.82, 2.24) is 4.98 Å². The number of ether oxygens (including phenoxy) is 1. The molecule has 0 atom stereocenters. The van der Waals surface area contributed by atoms with Gasteiger partial charge in [-0.15, -0.1) is 0 Å². The van der Waals surface area contributed by atoms with Crippen LogP contribution in [0.3, 0.4) is 0 Å². The van der Waals surface area contributed by atoms with Crippen LogP contribution in [0.5, 0.6) is 11.6 Å². The molecule has 0 amide bonds. The Labute approximate surface area is 107 Å². The molecule has 0 bridgehead atoms. The lowest BCUT2D eigenvalue weighted by Crippen LogP contribution is -1.95. The van der Waals surface area contributed by atoms with E-state index in [1.807, 2.05) is 31.2 Å². The fraction of sp³-hybridized carbons (Fsp3) is 0.267. The molecule has 0 radical (unpaired) electrons. The van der Waals surface area contributed by atoms with Gasteiger partial charge in [-0.1, -0.05) is 19.1 Å². The molecule has 0 spiro atoms. The molecule has 0 aliphatic carbocycles. The highest BCUT2D eigenvalue weighted by Crippen LogP contribution is 2.22. The van der Waals surface area contributed by atoms with E-state index in [-0.39, 0.29) is 6.61 Å². The largest absolute Gasteiger partial charge is 0.439 e. The van der Waals surface area contributed by atoms with E-state index in [1.54, 1.807) is 6.07 Å². The Morgan fingerprint density at radius 2 is 2.06 bits per heavy atom. The van der Waals surface area contributed by atoms with Crippen molar-refractivity contribution in [2.45, 2.75) is 26.9 Å². The Morgan fingerprint density at radius 3 is 2.72 bits per heavy atom. The van der Waals surface area contributed by atoms with E-state index in [0.717, 1.165) is 23.4 Å². The first-order valence-electron chi connectivity index (χ1n) is 6.07. The van der Waals surface area contributed by atoms with Crippen molar-refractivity contribution in [2.24, 2.45) is 0 Å². The molecule has 3 nitrogen and oxygen atoms in total. The van der Waals surface area contributed by atoms with Crippen LogP contribution in [0.1, 0.15) is 23.7 Å². The van der Waals surface area contributed by atoms with Gasteiger partial charge in [0.1, 0.15) is 5.75 Å². The van der Waals surface area contributed by atoms with Crippen molar-refractivity contribution in [2.75, 3.05) is 0 Å². The van der Waals surface area contributed by atoms with Crippen molar-refractivity contribution in [1.29, 1.82) is 0 Å². The van der Waals surface area contributed by atoms with Gasteiger partial charge in [0.25, 0.3) is 0 Å². The Kier molecular flexibility index (Phi) is 3.95. The fourth-order valence-corrected chi connectivity index (χ4v) is 1.74. The number of hydrogen-bond acceptors (Lipinski definition) is 3. The summed E-state index contributed by atoms with van der Waals surface area (Å²) in [6, 6.07) is 11.6. The summed E-state index contributed by atoms with van der Waals surface area (Å²) in [7, 11) is 0. The normalized spacial score (nSPS) is 10.4. The second-order valence-corrected chi connectivity index (χ2v) is 4.16. The second-order valence-electron chi connectivity index (χ2n) is 4.16. The third kappa shape index (κ3) is 2.87. The quantitative estimate of drug-likeness (QED) is 0.896.